The Morgan fingerprint density at radius 2 is 2.33 bits per heavy atom. The minimum absolute atomic E-state index is 0.281. The van der Waals surface area contributed by atoms with Crippen molar-refractivity contribution in [2.45, 2.75) is 32.2 Å². The fourth-order valence-electron chi connectivity index (χ4n) is 1.67. The Kier molecular flexibility index (Phi) is 3.09. The molecular formula is C9H17NO2. The van der Waals surface area contributed by atoms with Crippen LogP contribution >= 0.6 is 0 Å². The number of hydrogen-bond donors (Lipinski definition) is 1. The van der Waals surface area contributed by atoms with Gasteiger partial charge in [-0.25, -0.2) is 0 Å². The molecule has 12 heavy (non-hydrogen) atoms. The molecule has 0 bridgehead atoms. The molecule has 1 aliphatic carbocycles. The molecule has 0 radical (unpaired) electrons. The molecule has 0 amide bonds. The maximum atomic E-state index is 10.9. The molecular weight excluding hydrogens is 154 g/mol. The summed E-state index contributed by atoms with van der Waals surface area (Å²) in [5.74, 6) is 1.20. The van der Waals surface area contributed by atoms with E-state index in [1.165, 1.54) is 20.0 Å². The Morgan fingerprint density at radius 3 is 2.75 bits per heavy atom. The first kappa shape index (κ1) is 9.52. The summed E-state index contributed by atoms with van der Waals surface area (Å²) in [4.78, 5) is 10.9. The molecule has 0 aromatic carbocycles. The molecule has 0 spiro atoms. The zero-order valence-electron chi connectivity index (χ0n) is 7.75. The Bertz CT molecular complexity index is 170. The number of methoxy groups -OCH3 is 1. The molecule has 3 unspecified atom stereocenters. The van der Waals surface area contributed by atoms with Crippen molar-refractivity contribution in [2.24, 2.45) is 17.6 Å². The summed E-state index contributed by atoms with van der Waals surface area (Å²) in [7, 11) is 1.38. The van der Waals surface area contributed by atoms with Gasteiger partial charge in [-0.05, 0) is 24.7 Å². The number of carbonyl (C=O) groups excluding carboxylic acids is 1. The van der Waals surface area contributed by atoms with Crippen LogP contribution in [0, 0.1) is 11.8 Å². The van der Waals surface area contributed by atoms with Gasteiger partial charge in [-0.15, -0.1) is 0 Å². The van der Waals surface area contributed by atoms with E-state index in [1.807, 2.05) is 0 Å². The average Bonchev–Trinajstić information content (AvgIpc) is 2.81. The molecule has 3 atom stereocenters. The van der Waals surface area contributed by atoms with E-state index in [9.17, 15) is 4.79 Å². The van der Waals surface area contributed by atoms with Gasteiger partial charge in [-0.2, -0.15) is 0 Å². The van der Waals surface area contributed by atoms with Crippen molar-refractivity contribution in [1.29, 1.82) is 0 Å². The lowest BCUT2D eigenvalue weighted by atomic mass is 10.1. The van der Waals surface area contributed by atoms with Crippen LogP contribution in [0.2, 0.25) is 0 Å². The average molecular weight is 171 g/mol. The van der Waals surface area contributed by atoms with Gasteiger partial charge in [-0.3, -0.25) is 4.79 Å². The molecule has 0 heterocycles. The molecule has 70 valence electrons. The summed E-state index contributed by atoms with van der Waals surface area (Å²) >= 11 is 0. The lowest BCUT2D eigenvalue weighted by molar-refractivity contribution is -0.142. The van der Waals surface area contributed by atoms with Gasteiger partial charge in [0.25, 0.3) is 0 Å². The number of rotatable bonds is 4. The molecule has 1 fully saturated rings. The SMILES string of the molecule is CCC1CC1CC(N)C(=O)OC. The van der Waals surface area contributed by atoms with Crippen LogP contribution in [0.25, 0.3) is 0 Å². The predicted molar refractivity (Wildman–Crippen MR) is 46.5 cm³/mol. The van der Waals surface area contributed by atoms with E-state index >= 15 is 0 Å². The second kappa shape index (κ2) is 3.90. The van der Waals surface area contributed by atoms with Crippen LogP contribution in [0.15, 0.2) is 0 Å². The largest absolute Gasteiger partial charge is 0.468 e. The first-order valence-electron chi connectivity index (χ1n) is 4.52. The summed E-state index contributed by atoms with van der Waals surface area (Å²) in [6.07, 6.45) is 3.24. The molecule has 2 N–H and O–H groups in total. The van der Waals surface area contributed by atoms with Crippen LogP contribution in [-0.2, 0) is 9.53 Å². The van der Waals surface area contributed by atoms with Crippen LogP contribution in [-0.4, -0.2) is 19.1 Å². The maximum absolute atomic E-state index is 10.9. The van der Waals surface area contributed by atoms with Crippen LogP contribution in [0.3, 0.4) is 0 Å². The molecule has 1 saturated carbocycles. The molecule has 3 nitrogen and oxygen atoms in total. The van der Waals surface area contributed by atoms with Crippen molar-refractivity contribution in [2.75, 3.05) is 7.11 Å². The number of ether oxygens (including phenoxy) is 1. The van der Waals surface area contributed by atoms with E-state index in [4.69, 9.17) is 5.73 Å². The van der Waals surface area contributed by atoms with Gasteiger partial charge in [0, 0.05) is 0 Å². The molecule has 1 rings (SSSR count). The lowest BCUT2D eigenvalue weighted by Gasteiger charge is -2.07. The minimum atomic E-state index is -0.406. The molecule has 0 saturated heterocycles. The van der Waals surface area contributed by atoms with Crippen molar-refractivity contribution >= 4 is 5.97 Å². The zero-order chi connectivity index (χ0) is 9.14. The van der Waals surface area contributed by atoms with E-state index in [-0.39, 0.29) is 5.97 Å². The molecule has 1 aliphatic rings. The summed E-state index contributed by atoms with van der Waals surface area (Å²) in [6, 6.07) is -0.406. The molecule has 0 aromatic rings. The zero-order valence-corrected chi connectivity index (χ0v) is 7.75. The fourth-order valence-corrected chi connectivity index (χ4v) is 1.67. The predicted octanol–water partition coefficient (Wildman–Crippen LogP) is 0.923. The summed E-state index contributed by atoms with van der Waals surface area (Å²) in [5, 5.41) is 0. The highest BCUT2D eigenvalue weighted by Gasteiger charge is 2.37. The summed E-state index contributed by atoms with van der Waals surface area (Å²) in [5.41, 5.74) is 5.61. The van der Waals surface area contributed by atoms with Crippen molar-refractivity contribution < 1.29 is 9.53 Å². The topological polar surface area (TPSA) is 52.3 Å². The quantitative estimate of drug-likeness (QED) is 0.640. The lowest BCUT2D eigenvalue weighted by Crippen LogP contribution is -2.32. The second-order valence-electron chi connectivity index (χ2n) is 3.53. The third-order valence-electron chi connectivity index (χ3n) is 2.65. The second-order valence-corrected chi connectivity index (χ2v) is 3.53. The Morgan fingerprint density at radius 1 is 1.67 bits per heavy atom. The summed E-state index contributed by atoms with van der Waals surface area (Å²) < 4.78 is 4.55. The third kappa shape index (κ3) is 2.21. The highest BCUT2D eigenvalue weighted by Crippen LogP contribution is 2.43. The van der Waals surface area contributed by atoms with Gasteiger partial charge in [0.05, 0.1) is 7.11 Å². The normalized spacial score (nSPS) is 29.6. The third-order valence-corrected chi connectivity index (χ3v) is 2.65. The van der Waals surface area contributed by atoms with Crippen molar-refractivity contribution in [1.82, 2.24) is 0 Å². The van der Waals surface area contributed by atoms with Gasteiger partial charge in [0.2, 0.25) is 0 Å². The number of nitrogens with two attached hydrogens (primary N) is 1. The standard InChI is InChI=1S/C9H17NO2/c1-3-6-4-7(6)5-8(10)9(11)12-2/h6-8H,3-5,10H2,1-2H3. The minimum Gasteiger partial charge on any atom is -0.468 e. The Balaban J connectivity index is 2.19. The van der Waals surface area contributed by atoms with Crippen LogP contribution in [0.5, 0.6) is 0 Å². The van der Waals surface area contributed by atoms with Gasteiger partial charge in [-0.1, -0.05) is 13.3 Å². The number of esters is 1. The number of carbonyl (C=O) groups is 1. The Hall–Kier alpha value is -0.570. The van der Waals surface area contributed by atoms with Crippen molar-refractivity contribution in [3.8, 4) is 0 Å². The van der Waals surface area contributed by atoms with E-state index in [2.05, 4.69) is 11.7 Å². The van der Waals surface area contributed by atoms with E-state index < -0.39 is 6.04 Å². The highest BCUT2D eigenvalue weighted by atomic mass is 16.5. The van der Waals surface area contributed by atoms with Crippen LogP contribution < -0.4 is 5.73 Å². The van der Waals surface area contributed by atoms with Crippen molar-refractivity contribution in [3.05, 3.63) is 0 Å². The van der Waals surface area contributed by atoms with Gasteiger partial charge in [0.1, 0.15) is 6.04 Å². The first-order chi connectivity index (χ1) is 5.69. The first-order valence-corrected chi connectivity index (χ1v) is 4.52. The van der Waals surface area contributed by atoms with Gasteiger partial charge < -0.3 is 10.5 Å². The maximum Gasteiger partial charge on any atom is 0.322 e. The molecule has 0 aromatic heterocycles. The van der Waals surface area contributed by atoms with Gasteiger partial charge in [0.15, 0.2) is 0 Å². The summed E-state index contributed by atoms with van der Waals surface area (Å²) in [6.45, 7) is 2.17. The van der Waals surface area contributed by atoms with E-state index in [1.54, 1.807) is 0 Å². The Labute approximate surface area is 73.3 Å². The highest BCUT2D eigenvalue weighted by molar-refractivity contribution is 5.75. The number of hydrogen-bond acceptors (Lipinski definition) is 3. The van der Waals surface area contributed by atoms with Crippen LogP contribution in [0.4, 0.5) is 0 Å². The monoisotopic (exact) mass is 171 g/mol. The molecule has 3 heteroatoms. The molecule has 0 aliphatic heterocycles. The van der Waals surface area contributed by atoms with E-state index in [0.29, 0.717) is 5.92 Å². The fraction of sp³-hybridized carbons (Fsp3) is 0.889. The smallest absolute Gasteiger partial charge is 0.322 e. The van der Waals surface area contributed by atoms with E-state index in [0.717, 1.165) is 12.3 Å². The van der Waals surface area contributed by atoms with Crippen LogP contribution in [0.1, 0.15) is 26.2 Å². The van der Waals surface area contributed by atoms with Gasteiger partial charge >= 0.3 is 5.97 Å². The van der Waals surface area contributed by atoms with Crippen molar-refractivity contribution in [3.63, 3.8) is 0 Å².